The van der Waals surface area contributed by atoms with Crippen molar-refractivity contribution in [2.45, 2.75) is 45.1 Å². The molecule has 8 nitrogen and oxygen atoms in total. The number of hydrogen-bond acceptors (Lipinski definition) is 6. The molecular weight excluding hydrogens is 494 g/mol. The highest BCUT2D eigenvalue weighted by atomic mass is 16.5. The molecular formula is C31H33N3O5. The van der Waals surface area contributed by atoms with Crippen molar-refractivity contribution >= 4 is 17.7 Å². The Labute approximate surface area is 228 Å². The van der Waals surface area contributed by atoms with Gasteiger partial charge in [-0.15, -0.1) is 0 Å². The maximum atomic E-state index is 14.1. The second kappa shape index (κ2) is 9.97. The van der Waals surface area contributed by atoms with Gasteiger partial charge in [0, 0.05) is 5.92 Å². The molecule has 3 aliphatic carbocycles. The molecule has 202 valence electrons. The van der Waals surface area contributed by atoms with Crippen LogP contribution in [0.3, 0.4) is 0 Å². The molecule has 1 aromatic carbocycles. The predicted molar refractivity (Wildman–Crippen MR) is 143 cm³/mol. The van der Waals surface area contributed by atoms with E-state index in [0.717, 1.165) is 11.1 Å². The minimum absolute atomic E-state index is 0.158. The van der Waals surface area contributed by atoms with Crippen molar-refractivity contribution in [1.82, 2.24) is 4.90 Å². The van der Waals surface area contributed by atoms with Crippen molar-refractivity contribution in [3.63, 3.8) is 0 Å². The molecule has 6 atom stereocenters. The normalized spacial score (nSPS) is 33.1. The highest BCUT2D eigenvalue weighted by Crippen LogP contribution is 2.56. The Morgan fingerprint density at radius 1 is 1.10 bits per heavy atom. The number of benzene rings is 1. The van der Waals surface area contributed by atoms with E-state index in [-0.39, 0.29) is 24.2 Å². The molecule has 0 bridgehead atoms. The van der Waals surface area contributed by atoms with Gasteiger partial charge in [0.2, 0.25) is 17.7 Å². The molecule has 3 N–H and O–H groups in total. The summed E-state index contributed by atoms with van der Waals surface area (Å²) in [6.07, 6.45) is 12.6. The Balaban J connectivity index is 1.39. The summed E-state index contributed by atoms with van der Waals surface area (Å²) < 4.78 is 5.98. The Morgan fingerprint density at radius 2 is 1.82 bits per heavy atom. The molecule has 1 aliphatic heterocycles. The first-order valence-electron chi connectivity index (χ1n) is 13.3. The number of aliphatic hydroxyl groups is 1. The molecule has 1 saturated carbocycles. The minimum Gasteiger partial charge on any atom is -0.494 e. The van der Waals surface area contributed by atoms with Gasteiger partial charge in [-0.05, 0) is 60.9 Å². The number of hydrogen-bond donors (Lipinski definition) is 2. The zero-order chi connectivity index (χ0) is 27.9. The molecule has 39 heavy (non-hydrogen) atoms. The van der Waals surface area contributed by atoms with E-state index in [4.69, 9.17) is 10.5 Å². The van der Waals surface area contributed by atoms with Crippen LogP contribution in [0.15, 0.2) is 72.0 Å². The van der Waals surface area contributed by atoms with Crippen LogP contribution >= 0.6 is 0 Å². The maximum absolute atomic E-state index is 14.1. The van der Waals surface area contributed by atoms with Crippen LogP contribution in [0.1, 0.15) is 38.7 Å². The number of amides is 3. The fourth-order valence-corrected chi connectivity index (χ4v) is 6.54. The molecule has 2 fully saturated rings. The molecule has 8 heteroatoms. The van der Waals surface area contributed by atoms with Crippen LogP contribution in [0.2, 0.25) is 0 Å². The van der Waals surface area contributed by atoms with Gasteiger partial charge in [0.1, 0.15) is 5.75 Å². The molecule has 4 aliphatic rings. The van der Waals surface area contributed by atoms with E-state index in [2.05, 4.69) is 6.07 Å². The summed E-state index contributed by atoms with van der Waals surface area (Å²) in [5.41, 5.74) is 5.42. The van der Waals surface area contributed by atoms with Gasteiger partial charge in [-0.1, -0.05) is 49.4 Å². The Bertz CT molecular complexity index is 1360. The van der Waals surface area contributed by atoms with Gasteiger partial charge in [0.15, 0.2) is 0 Å². The monoisotopic (exact) mass is 527 g/mol. The molecule has 0 aromatic heterocycles. The maximum Gasteiger partial charge on any atom is 0.240 e. The van der Waals surface area contributed by atoms with Gasteiger partial charge in [0.05, 0.1) is 48.1 Å². The predicted octanol–water partition coefficient (Wildman–Crippen LogP) is 3.34. The van der Waals surface area contributed by atoms with Crippen molar-refractivity contribution in [1.29, 1.82) is 5.26 Å². The summed E-state index contributed by atoms with van der Waals surface area (Å²) in [6, 6.07) is 9.43. The topological polar surface area (TPSA) is 134 Å². The molecule has 5 rings (SSSR count). The number of carbonyl (C=O) groups is 3. The zero-order valence-electron chi connectivity index (χ0n) is 22.2. The number of ether oxygens (including phenoxy) is 1. The largest absolute Gasteiger partial charge is 0.494 e. The molecule has 0 radical (unpaired) electrons. The van der Waals surface area contributed by atoms with E-state index in [9.17, 15) is 24.8 Å². The number of allylic oxidation sites excluding steroid dienone is 7. The van der Waals surface area contributed by atoms with Gasteiger partial charge >= 0.3 is 0 Å². The number of fused-ring (bicyclic) bond motifs is 2. The van der Waals surface area contributed by atoms with E-state index in [1.807, 2.05) is 31.2 Å². The summed E-state index contributed by atoms with van der Waals surface area (Å²) in [4.78, 5) is 40.4. The lowest BCUT2D eigenvalue weighted by molar-refractivity contribution is -0.148. The van der Waals surface area contributed by atoms with Crippen LogP contribution in [0, 0.1) is 40.4 Å². The third-order valence-electron chi connectivity index (χ3n) is 8.77. The van der Waals surface area contributed by atoms with E-state index < -0.39 is 34.7 Å². The van der Waals surface area contributed by atoms with Crippen molar-refractivity contribution < 1.29 is 24.2 Å². The fourth-order valence-electron chi connectivity index (χ4n) is 6.54. The van der Waals surface area contributed by atoms with Crippen molar-refractivity contribution in [3.05, 3.63) is 77.6 Å². The van der Waals surface area contributed by atoms with Gasteiger partial charge in [-0.3, -0.25) is 14.4 Å². The van der Waals surface area contributed by atoms with Crippen molar-refractivity contribution in [2.75, 3.05) is 6.61 Å². The summed E-state index contributed by atoms with van der Waals surface area (Å²) in [7, 11) is 0. The van der Waals surface area contributed by atoms with Crippen LogP contribution in [0.5, 0.6) is 5.75 Å². The molecule has 1 aromatic rings. The standard InChI is InChI=1S/C31H33N3O5/c1-30(15-16-39-21-10-7-19(8-11-21)17-25(33)35)13-14-31(2,38)27-26(30)28(36)34(29(27)37)24-12-9-20(18-32)22-5-3-4-6-23(22)24/h3-12,20,22,26-27,38H,13-17H2,1-2H3,(H2,33,35)/t20?,22?,26-,27+,30-,31+/m0/s1. The summed E-state index contributed by atoms with van der Waals surface area (Å²) in [6.45, 7) is 3.97. The lowest BCUT2D eigenvalue weighted by Crippen LogP contribution is -2.52. The fraction of sp³-hybridized carbons (Fsp3) is 0.419. The second-order valence-corrected chi connectivity index (χ2v) is 11.5. The SMILES string of the molecule is C[C@@]1(CCOc2ccc(CC(N)=O)cc2)CC[C@@](C)(O)[C@H]2C(=O)N(C3=C4C=CC=CC4C(C#N)C=C3)C(=O)[C@H]21. The number of rotatable bonds is 7. The molecule has 1 saturated heterocycles. The summed E-state index contributed by atoms with van der Waals surface area (Å²) in [5, 5.41) is 20.9. The number of carbonyl (C=O) groups excluding carboxylic acids is 3. The Morgan fingerprint density at radius 3 is 2.51 bits per heavy atom. The van der Waals surface area contributed by atoms with Crippen LogP contribution in [-0.4, -0.2) is 39.9 Å². The van der Waals surface area contributed by atoms with E-state index in [0.29, 0.717) is 37.3 Å². The molecule has 2 unspecified atom stereocenters. The second-order valence-electron chi connectivity index (χ2n) is 11.5. The number of nitrogens with zero attached hydrogens (tertiary/aromatic N) is 2. The van der Waals surface area contributed by atoms with E-state index >= 15 is 0 Å². The lowest BCUT2D eigenvalue weighted by Gasteiger charge is -2.47. The third kappa shape index (κ3) is 4.72. The average Bonchev–Trinajstić information content (AvgIpc) is 3.18. The van der Waals surface area contributed by atoms with E-state index in [1.54, 1.807) is 43.3 Å². The van der Waals surface area contributed by atoms with Crippen molar-refractivity contribution in [3.8, 4) is 11.8 Å². The number of nitriles is 1. The molecule has 1 heterocycles. The van der Waals surface area contributed by atoms with Crippen molar-refractivity contribution in [2.24, 2.45) is 34.8 Å². The Hall–Kier alpha value is -3.96. The number of nitrogens with two attached hydrogens (primary N) is 1. The van der Waals surface area contributed by atoms with Crippen LogP contribution in [0.4, 0.5) is 0 Å². The Kier molecular flexibility index (Phi) is 6.81. The third-order valence-corrected chi connectivity index (χ3v) is 8.77. The first kappa shape index (κ1) is 26.6. The van der Waals surface area contributed by atoms with Gasteiger partial charge in [-0.25, -0.2) is 4.90 Å². The smallest absolute Gasteiger partial charge is 0.240 e. The molecule has 0 spiro atoms. The number of likely N-dealkylation sites (tertiary alicyclic amines) is 1. The highest BCUT2D eigenvalue weighted by Gasteiger charge is 2.64. The quantitative estimate of drug-likeness (QED) is 0.523. The van der Waals surface area contributed by atoms with Gasteiger partial charge in [-0.2, -0.15) is 5.26 Å². The number of imide groups is 1. The summed E-state index contributed by atoms with van der Waals surface area (Å²) in [5.74, 6) is -2.66. The highest BCUT2D eigenvalue weighted by molar-refractivity contribution is 6.08. The van der Waals surface area contributed by atoms with Crippen LogP contribution < -0.4 is 10.5 Å². The van der Waals surface area contributed by atoms with Gasteiger partial charge < -0.3 is 15.6 Å². The number of primary amides is 1. The first-order valence-corrected chi connectivity index (χ1v) is 13.3. The average molecular weight is 528 g/mol. The zero-order valence-corrected chi connectivity index (χ0v) is 22.2. The summed E-state index contributed by atoms with van der Waals surface area (Å²) >= 11 is 0. The van der Waals surface area contributed by atoms with E-state index in [1.165, 1.54) is 4.90 Å². The minimum atomic E-state index is -1.32. The van der Waals surface area contributed by atoms with Crippen LogP contribution in [0.25, 0.3) is 0 Å². The lowest BCUT2D eigenvalue weighted by atomic mass is 9.57. The van der Waals surface area contributed by atoms with Gasteiger partial charge in [0.25, 0.3) is 0 Å². The molecule has 3 amide bonds. The first-order chi connectivity index (χ1) is 18.6. The van der Waals surface area contributed by atoms with Crippen LogP contribution in [-0.2, 0) is 20.8 Å².